The number of halogens is 3. The van der Waals surface area contributed by atoms with Crippen LogP contribution in [0.1, 0.15) is 0 Å². The highest BCUT2D eigenvalue weighted by Crippen LogP contribution is 2.28. The monoisotopic (exact) mass is 352 g/mol. The highest BCUT2D eigenvalue weighted by molar-refractivity contribution is 9.10. The molecule has 6 heteroatoms. The summed E-state index contributed by atoms with van der Waals surface area (Å²) in [6, 6.07) is 11.3. The zero-order valence-electron chi connectivity index (χ0n) is 9.98. The first-order valence-electron chi connectivity index (χ1n) is 5.67. The van der Waals surface area contributed by atoms with E-state index in [0.717, 1.165) is 21.4 Å². The smallest absolute Gasteiger partial charge is 0.260 e. The normalized spacial score (nSPS) is 10.8. The maximum atomic E-state index is 13.5. The van der Waals surface area contributed by atoms with Gasteiger partial charge in [0, 0.05) is 4.47 Å². The standard InChI is InChI=1S/C14H7BrClFN2O/c15-10-3-1-9-6-11(4-2-8(9)5-10)20-13-12(17)7-18-14(16)19-13/h1-7H. The Morgan fingerprint density at radius 3 is 2.70 bits per heavy atom. The van der Waals surface area contributed by atoms with E-state index in [9.17, 15) is 4.39 Å². The molecular weight excluding hydrogens is 347 g/mol. The predicted molar refractivity (Wildman–Crippen MR) is 78.7 cm³/mol. The fourth-order valence-corrected chi connectivity index (χ4v) is 2.28. The minimum Gasteiger partial charge on any atom is -0.436 e. The average Bonchev–Trinajstić information content (AvgIpc) is 2.43. The Kier molecular flexibility index (Phi) is 3.54. The number of nitrogens with zero attached hydrogens (tertiary/aromatic N) is 2. The van der Waals surface area contributed by atoms with Crippen LogP contribution in [0.3, 0.4) is 0 Å². The number of hydrogen-bond acceptors (Lipinski definition) is 3. The average molecular weight is 354 g/mol. The molecule has 0 amide bonds. The van der Waals surface area contributed by atoms with Gasteiger partial charge in [0.25, 0.3) is 5.88 Å². The first-order chi connectivity index (χ1) is 9.61. The molecule has 20 heavy (non-hydrogen) atoms. The third kappa shape index (κ3) is 2.73. The summed E-state index contributed by atoms with van der Waals surface area (Å²) < 4.78 is 19.9. The summed E-state index contributed by atoms with van der Waals surface area (Å²) in [6.07, 6.45) is 0.975. The Morgan fingerprint density at radius 1 is 1.10 bits per heavy atom. The van der Waals surface area contributed by atoms with Gasteiger partial charge in [-0.3, -0.25) is 0 Å². The number of rotatable bonds is 2. The van der Waals surface area contributed by atoms with Gasteiger partial charge in [-0.05, 0) is 46.6 Å². The summed E-state index contributed by atoms with van der Waals surface area (Å²) in [5.41, 5.74) is 0. The molecule has 0 unspecified atom stereocenters. The van der Waals surface area contributed by atoms with E-state index in [-0.39, 0.29) is 11.2 Å². The summed E-state index contributed by atoms with van der Waals surface area (Å²) in [5.74, 6) is -0.375. The second kappa shape index (κ2) is 5.34. The van der Waals surface area contributed by atoms with E-state index in [2.05, 4.69) is 25.9 Å². The Hall–Kier alpha value is -1.72. The SMILES string of the molecule is Fc1cnc(Cl)nc1Oc1ccc2cc(Br)ccc2c1. The zero-order valence-corrected chi connectivity index (χ0v) is 12.3. The highest BCUT2D eigenvalue weighted by Gasteiger charge is 2.09. The van der Waals surface area contributed by atoms with E-state index in [0.29, 0.717) is 5.75 Å². The van der Waals surface area contributed by atoms with Gasteiger partial charge in [-0.1, -0.05) is 28.1 Å². The second-order valence-corrected chi connectivity index (χ2v) is 5.30. The van der Waals surface area contributed by atoms with Crippen LogP contribution in [0.25, 0.3) is 10.8 Å². The van der Waals surface area contributed by atoms with Crippen LogP contribution in [0.15, 0.2) is 47.1 Å². The molecule has 0 N–H and O–H groups in total. The molecule has 0 spiro atoms. The molecule has 0 bridgehead atoms. The fourth-order valence-electron chi connectivity index (χ4n) is 1.77. The molecule has 0 radical (unpaired) electrons. The lowest BCUT2D eigenvalue weighted by Crippen LogP contribution is -1.94. The molecule has 0 atom stereocenters. The van der Waals surface area contributed by atoms with Crippen LogP contribution in [0.2, 0.25) is 5.28 Å². The molecule has 3 rings (SSSR count). The number of fused-ring (bicyclic) bond motifs is 1. The molecule has 0 aliphatic rings. The molecular formula is C14H7BrClFN2O. The van der Waals surface area contributed by atoms with Crippen molar-refractivity contribution in [1.82, 2.24) is 9.97 Å². The van der Waals surface area contributed by atoms with Crippen LogP contribution in [0.5, 0.6) is 11.6 Å². The van der Waals surface area contributed by atoms with Crippen molar-refractivity contribution in [1.29, 1.82) is 0 Å². The molecule has 3 aromatic rings. The minimum atomic E-state index is -0.662. The molecule has 0 saturated heterocycles. The van der Waals surface area contributed by atoms with E-state index >= 15 is 0 Å². The van der Waals surface area contributed by atoms with Gasteiger partial charge < -0.3 is 4.74 Å². The van der Waals surface area contributed by atoms with Crippen molar-refractivity contribution in [3.05, 3.63) is 58.2 Å². The zero-order chi connectivity index (χ0) is 14.1. The fraction of sp³-hybridized carbons (Fsp3) is 0. The Bertz CT molecular complexity index is 797. The number of aromatic nitrogens is 2. The lowest BCUT2D eigenvalue weighted by molar-refractivity contribution is 0.420. The van der Waals surface area contributed by atoms with Gasteiger partial charge in [-0.25, -0.2) is 4.98 Å². The van der Waals surface area contributed by atoms with Crippen LogP contribution in [0.4, 0.5) is 4.39 Å². The highest BCUT2D eigenvalue weighted by atomic mass is 79.9. The van der Waals surface area contributed by atoms with E-state index in [1.165, 1.54) is 0 Å². The number of hydrogen-bond donors (Lipinski definition) is 0. The molecule has 0 saturated carbocycles. The second-order valence-electron chi connectivity index (χ2n) is 4.05. The number of benzene rings is 2. The number of ether oxygens (including phenoxy) is 1. The summed E-state index contributed by atoms with van der Waals surface area (Å²) >= 11 is 9.03. The van der Waals surface area contributed by atoms with Crippen LogP contribution >= 0.6 is 27.5 Å². The molecule has 0 aliphatic heterocycles. The lowest BCUT2D eigenvalue weighted by atomic mass is 10.1. The van der Waals surface area contributed by atoms with Crippen LogP contribution in [0, 0.1) is 5.82 Å². The van der Waals surface area contributed by atoms with Gasteiger partial charge in [0.15, 0.2) is 0 Å². The van der Waals surface area contributed by atoms with Crippen molar-refractivity contribution < 1.29 is 9.13 Å². The Labute approximate surface area is 127 Å². The Morgan fingerprint density at radius 2 is 1.85 bits per heavy atom. The van der Waals surface area contributed by atoms with Gasteiger partial charge in [0.05, 0.1) is 6.20 Å². The molecule has 1 heterocycles. The molecule has 0 fully saturated rings. The topological polar surface area (TPSA) is 35.0 Å². The third-order valence-corrected chi connectivity index (χ3v) is 3.35. The van der Waals surface area contributed by atoms with Crippen molar-refractivity contribution in [2.75, 3.05) is 0 Å². The lowest BCUT2D eigenvalue weighted by Gasteiger charge is -2.07. The van der Waals surface area contributed by atoms with Gasteiger partial charge in [0.1, 0.15) is 5.75 Å². The van der Waals surface area contributed by atoms with Crippen LogP contribution in [-0.4, -0.2) is 9.97 Å². The van der Waals surface area contributed by atoms with Gasteiger partial charge in [0.2, 0.25) is 11.1 Å². The van der Waals surface area contributed by atoms with E-state index < -0.39 is 5.82 Å². The molecule has 1 aromatic heterocycles. The maximum Gasteiger partial charge on any atom is 0.260 e. The van der Waals surface area contributed by atoms with Crippen LogP contribution < -0.4 is 4.74 Å². The summed E-state index contributed by atoms with van der Waals surface area (Å²) in [7, 11) is 0. The first kappa shape index (κ1) is 13.3. The van der Waals surface area contributed by atoms with Gasteiger partial charge in [-0.15, -0.1) is 0 Å². The predicted octanol–water partition coefficient (Wildman–Crippen LogP) is 4.98. The summed E-state index contributed by atoms with van der Waals surface area (Å²) in [4.78, 5) is 7.25. The summed E-state index contributed by atoms with van der Waals surface area (Å²) in [6.45, 7) is 0. The van der Waals surface area contributed by atoms with Crippen molar-refractivity contribution in [3.63, 3.8) is 0 Å². The summed E-state index contributed by atoms with van der Waals surface area (Å²) in [5, 5.41) is 1.96. The first-order valence-corrected chi connectivity index (χ1v) is 6.84. The molecule has 100 valence electrons. The van der Waals surface area contributed by atoms with Crippen molar-refractivity contribution >= 4 is 38.3 Å². The van der Waals surface area contributed by atoms with E-state index in [1.807, 2.05) is 24.3 Å². The van der Waals surface area contributed by atoms with Crippen LogP contribution in [-0.2, 0) is 0 Å². The van der Waals surface area contributed by atoms with Gasteiger partial charge >= 0.3 is 0 Å². The quantitative estimate of drug-likeness (QED) is 0.610. The maximum absolute atomic E-state index is 13.5. The van der Waals surface area contributed by atoms with Crippen molar-refractivity contribution in [2.45, 2.75) is 0 Å². The largest absolute Gasteiger partial charge is 0.436 e. The van der Waals surface area contributed by atoms with E-state index in [4.69, 9.17) is 16.3 Å². The molecule has 3 nitrogen and oxygen atoms in total. The van der Waals surface area contributed by atoms with Gasteiger partial charge in [-0.2, -0.15) is 9.37 Å². The molecule has 2 aromatic carbocycles. The van der Waals surface area contributed by atoms with Crippen molar-refractivity contribution in [3.8, 4) is 11.6 Å². The van der Waals surface area contributed by atoms with E-state index in [1.54, 1.807) is 12.1 Å². The molecule has 0 aliphatic carbocycles. The minimum absolute atomic E-state index is 0.0638. The third-order valence-electron chi connectivity index (χ3n) is 2.67. The van der Waals surface area contributed by atoms with Crippen molar-refractivity contribution in [2.24, 2.45) is 0 Å². The Balaban J connectivity index is 1.98.